The van der Waals surface area contributed by atoms with Crippen LogP contribution < -0.4 is 10.2 Å². The highest BCUT2D eigenvalue weighted by Gasteiger charge is 2.14. The zero-order chi connectivity index (χ0) is 20.0. The Hall–Kier alpha value is -2.34. The number of methoxy groups -OCH3 is 1. The van der Waals surface area contributed by atoms with Gasteiger partial charge in [-0.05, 0) is 64.0 Å². The number of phenols is 1. The van der Waals surface area contributed by atoms with Gasteiger partial charge in [-0.1, -0.05) is 38.1 Å². The Labute approximate surface area is 168 Å². The maximum atomic E-state index is 12.3. The summed E-state index contributed by atoms with van der Waals surface area (Å²) in [5.74, 6) is 0.453. The number of hydrogen-bond acceptors (Lipinski definition) is 4. The van der Waals surface area contributed by atoms with E-state index >= 15 is 0 Å². The second-order valence-electron chi connectivity index (χ2n) is 6.85. The fraction of sp³-hybridized carbons (Fsp3) is 0.333. The first-order valence-corrected chi connectivity index (χ1v) is 9.59. The van der Waals surface area contributed by atoms with E-state index in [1.54, 1.807) is 12.1 Å². The smallest absolute Gasteiger partial charge is 0.247 e. The van der Waals surface area contributed by atoms with Crippen molar-refractivity contribution in [3.8, 4) is 11.5 Å². The quantitative estimate of drug-likeness (QED) is 0.495. The first-order chi connectivity index (χ1) is 12.8. The molecule has 2 aromatic carbocycles. The van der Waals surface area contributed by atoms with Crippen molar-refractivity contribution in [1.29, 1.82) is 0 Å². The van der Waals surface area contributed by atoms with Crippen LogP contribution in [-0.4, -0.2) is 24.3 Å². The molecule has 0 fully saturated rings. The van der Waals surface area contributed by atoms with Crippen molar-refractivity contribution in [3.05, 3.63) is 57.6 Å². The minimum atomic E-state index is -0.309. The summed E-state index contributed by atoms with van der Waals surface area (Å²) in [6.07, 6.45) is 2.53. The zero-order valence-corrected chi connectivity index (χ0v) is 17.6. The number of hydrogen-bond donors (Lipinski definition) is 2. The van der Waals surface area contributed by atoms with Gasteiger partial charge in [-0.15, -0.1) is 0 Å². The molecule has 27 heavy (non-hydrogen) atoms. The van der Waals surface area contributed by atoms with Crippen molar-refractivity contribution >= 4 is 28.1 Å². The van der Waals surface area contributed by atoms with Crippen molar-refractivity contribution in [2.75, 3.05) is 7.11 Å². The van der Waals surface area contributed by atoms with Crippen LogP contribution >= 0.6 is 15.9 Å². The van der Waals surface area contributed by atoms with Gasteiger partial charge in [-0.2, -0.15) is 5.10 Å². The largest absolute Gasteiger partial charge is 0.503 e. The monoisotopic (exact) mass is 432 g/mol. The van der Waals surface area contributed by atoms with Crippen LogP contribution in [0.4, 0.5) is 0 Å². The maximum absolute atomic E-state index is 12.3. The minimum absolute atomic E-state index is 0.0215. The van der Waals surface area contributed by atoms with E-state index in [-0.39, 0.29) is 17.6 Å². The molecule has 6 heteroatoms. The van der Waals surface area contributed by atoms with Crippen LogP contribution in [0, 0.1) is 5.92 Å². The fourth-order valence-corrected chi connectivity index (χ4v) is 3.12. The molecule has 0 aliphatic heterocycles. The summed E-state index contributed by atoms with van der Waals surface area (Å²) >= 11 is 3.25. The summed E-state index contributed by atoms with van der Waals surface area (Å²) in [6.45, 7) is 6.22. The molecule has 0 bridgehead atoms. The Morgan fingerprint density at radius 2 is 1.93 bits per heavy atom. The third-order valence-electron chi connectivity index (χ3n) is 4.18. The van der Waals surface area contributed by atoms with Gasteiger partial charge in [0.1, 0.15) is 0 Å². The van der Waals surface area contributed by atoms with Gasteiger partial charge >= 0.3 is 0 Å². The molecule has 2 aromatic rings. The van der Waals surface area contributed by atoms with Gasteiger partial charge in [0.25, 0.3) is 0 Å². The number of nitrogens with zero attached hydrogens (tertiary/aromatic N) is 1. The Morgan fingerprint density at radius 1 is 1.26 bits per heavy atom. The van der Waals surface area contributed by atoms with Gasteiger partial charge in [-0.25, -0.2) is 5.43 Å². The number of halogens is 1. The van der Waals surface area contributed by atoms with E-state index in [4.69, 9.17) is 4.74 Å². The molecule has 0 radical (unpaired) electrons. The number of aromatic hydroxyl groups is 1. The lowest BCUT2D eigenvalue weighted by Gasteiger charge is -2.12. The molecule has 1 atom stereocenters. The number of hydrazone groups is 1. The van der Waals surface area contributed by atoms with Gasteiger partial charge in [0.05, 0.1) is 23.7 Å². The van der Waals surface area contributed by atoms with Crippen molar-refractivity contribution < 1.29 is 14.6 Å². The maximum Gasteiger partial charge on any atom is 0.247 e. The van der Waals surface area contributed by atoms with Gasteiger partial charge in [0, 0.05) is 0 Å². The van der Waals surface area contributed by atoms with E-state index in [1.807, 2.05) is 19.1 Å². The van der Waals surface area contributed by atoms with Crippen LogP contribution in [-0.2, 0) is 11.2 Å². The van der Waals surface area contributed by atoms with Crippen LogP contribution in [0.5, 0.6) is 11.5 Å². The standard InChI is InChI=1S/C21H25BrN2O3/c1-13(2)9-15-5-7-17(8-6-15)14(3)21(26)24-23-12-16-10-18(22)20(25)19(11-16)27-4/h5-8,10-14,25H,9H2,1-4H3,(H,24,26)/b23-12-/t14-/m1/s1. The van der Waals surface area contributed by atoms with Gasteiger partial charge < -0.3 is 9.84 Å². The van der Waals surface area contributed by atoms with E-state index in [9.17, 15) is 9.90 Å². The third-order valence-corrected chi connectivity index (χ3v) is 4.78. The molecule has 0 unspecified atom stereocenters. The summed E-state index contributed by atoms with van der Waals surface area (Å²) in [6, 6.07) is 11.4. The Kier molecular flexibility index (Phi) is 7.42. The highest BCUT2D eigenvalue weighted by atomic mass is 79.9. The Morgan fingerprint density at radius 3 is 2.52 bits per heavy atom. The zero-order valence-electron chi connectivity index (χ0n) is 16.0. The molecule has 0 aliphatic carbocycles. The van der Waals surface area contributed by atoms with Gasteiger partial charge in [0.15, 0.2) is 11.5 Å². The number of phenolic OH excluding ortho intramolecular Hbond substituents is 1. The molecule has 2 N–H and O–H groups in total. The number of amides is 1. The van der Waals surface area contributed by atoms with Crippen molar-refractivity contribution in [2.24, 2.45) is 11.0 Å². The molecule has 0 heterocycles. The average Bonchev–Trinajstić information content (AvgIpc) is 2.63. The number of carbonyl (C=O) groups excluding carboxylic acids is 1. The number of carbonyl (C=O) groups is 1. The first kappa shape index (κ1) is 21.0. The molecule has 2 rings (SSSR count). The molecular formula is C21H25BrN2O3. The van der Waals surface area contributed by atoms with Crippen molar-refractivity contribution in [3.63, 3.8) is 0 Å². The number of ether oxygens (including phenoxy) is 1. The van der Waals surface area contributed by atoms with E-state index in [0.717, 1.165) is 12.0 Å². The summed E-state index contributed by atoms with van der Waals surface area (Å²) in [5.41, 5.74) is 5.46. The SMILES string of the molecule is COc1cc(/C=N\NC(=O)[C@H](C)c2ccc(CC(C)C)cc2)cc(Br)c1O. The third kappa shape index (κ3) is 5.82. The van der Waals surface area contributed by atoms with Crippen molar-refractivity contribution in [2.45, 2.75) is 33.1 Å². The predicted molar refractivity (Wildman–Crippen MR) is 111 cm³/mol. The van der Waals surface area contributed by atoms with E-state index in [1.165, 1.54) is 18.9 Å². The fourth-order valence-electron chi connectivity index (χ4n) is 2.66. The Balaban J connectivity index is 2.00. The predicted octanol–water partition coefficient (Wildman–Crippen LogP) is 4.62. The topological polar surface area (TPSA) is 70.9 Å². The molecule has 0 spiro atoms. The van der Waals surface area contributed by atoms with E-state index < -0.39 is 0 Å². The normalized spacial score (nSPS) is 12.4. The second kappa shape index (κ2) is 9.55. The Bertz CT molecular complexity index is 817. The van der Waals surface area contributed by atoms with Gasteiger partial charge in [0.2, 0.25) is 5.91 Å². The molecule has 0 saturated carbocycles. The van der Waals surface area contributed by atoms with Crippen LogP contribution in [0.15, 0.2) is 46.0 Å². The molecule has 0 aromatic heterocycles. The van der Waals surface area contributed by atoms with Crippen LogP contribution in [0.2, 0.25) is 0 Å². The molecule has 0 aliphatic rings. The summed E-state index contributed by atoms with van der Waals surface area (Å²) in [4.78, 5) is 12.3. The average molecular weight is 433 g/mol. The molecule has 144 valence electrons. The number of nitrogens with one attached hydrogen (secondary N) is 1. The summed E-state index contributed by atoms with van der Waals surface area (Å²) in [5, 5.41) is 13.8. The summed E-state index contributed by atoms with van der Waals surface area (Å²) < 4.78 is 5.58. The van der Waals surface area contributed by atoms with E-state index in [2.05, 4.69) is 52.4 Å². The number of benzene rings is 2. The number of rotatable bonds is 7. The summed E-state index contributed by atoms with van der Waals surface area (Å²) in [7, 11) is 1.47. The molecule has 1 amide bonds. The van der Waals surface area contributed by atoms with Crippen molar-refractivity contribution in [1.82, 2.24) is 5.43 Å². The lowest BCUT2D eigenvalue weighted by Crippen LogP contribution is -2.23. The van der Waals surface area contributed by atoms with Crippen LogP contribution in [0.25, 0.3) is 0 Å². The highest BCUT2D eigenvalue weighted by molar-refractivity contribution is 9.10. The van der Waals surface area contributed by atoms with Crippen LogP contribution in [0.3, 0.4) is 0 Å². The van der Waals surface area contributed by atoms with E-state index in [0.29, 0.717) is 21.7 Å². The second-order valence-corrected chi connectivity index (χ2v) is 7.70. The molecule has 5 nitrogen and oxygen atoms in total. The van der Waals surface area contributed by atoms with Gasteiger partial charge in [-0.3, -0.25) is 4.79 Å². The first-order valence-electron chi connectivity index (χ1n) is 8.80. The molecular weight excluding hydrogens is 408 g/mol. The molecule has 0 saturated heterocycles. The minimum Gasteiger partial charge on any atom is -0.503 e. The lowest BCUT2D eigenvalue weighted by molar-refractivity contribution is -0.122. The lowest BCUT2D eigenvalue weighted by atomic mass is 9.96. The highest BCUT2D eigenvalue weighted by Crippen LogP contribution is 2.34. The van der Waals surface area contributed by atoms with Crippen LogP contribution in [0.1, 0.15) is 43.4 Å².